The van der Waals surface area contributed by atoms with Gasteiger partial charge in [-0.05, 0) is 36.2 Å². The molecule has 0 saturated carbocycles. The van der Waals surface area contributed by atoms with Gasteiger partial charge in [-0.15, -0.1) is 0 Å². The number of pyridine rings is 1. The van der Waals surface area contributed by atoms with Gasteiger partial charge in [0, 0.05) is 5.69 Å². The van der Waals surface area contributed by atoms with E-state index in [1.807, 2.05) is 19.1 Å². The highest BCUT2D eigenvalue weighted by molar-refractivity contribution is 6.30. The van der Waals surface area contributed by atoms with Crippen LogP contribution in [-0.2, 0) is 11.2 Å². The quantitative estimate of drug-likeness (QED) is 0.668. The minimum absolute atomic E-state index is 0.103. The Hall–Kier alpha value is -2.07. The fourth-order valence-corrected chi connectivity index (χ4v) is 1.76. The van der Waals surface area contributed by atoms with Crippen molar-refractivity contribution < 1.29 is 4.79 Å². The molecule has 0 saturated heterocycles. The highest BCUT2D eigenvalue weighted by Crippen LogP contribution is 2.16. The van der Waals surface area contributed by atoms with E-state index in [1.165, 1.54) is 6.20 Å². The Morgan fingerprint density at radius 2 is 2.05 bits per heavy atom. The van der Waals surface area contributed by atoms with Gasteiger partial charge in [0.15, 0.2) is 0 Å². The lowest BCUT2D eigenvalue weighted by Crippen LogP contribution is -2.14. The Balaban J connectivity index is 2.01. The van der Waals surface area contributed by atoms with Crippen LogP contribution in [0.5, 0.6) is 0 Å². The van der Waals surface area contributed by atoms with Gasteiger partial charge in [0.1, 0.15) is 5.15 Å². The first-order valence-corrected chi connectivity index (χ1v) is 6.19. The van der Waals surface area contributed by atoms with E-state index >= 15 is 0 Å². The lowest BCUT2D eigenvalue weighted by Gasteiger charge is -2.06. The number of amides is 1. The molecule has 0 aliphatic carbocycles. The van der Waals surface area contributed by atoms with Crippen molar-refractivity contribution in [1.29, 1.82) is 0 Å². The maximum absolute atomic E-state index is 11.9. The highest BCUT2D eigenvalue weighted by Gasteiger charge is 2.05. The second-order valence-corrected chi connectivity index (χ2v) is 4.66. The summed E-state index contributed by atoms with van der Waals surface area (Å²) >= 11 is 5.83. The summed E-state index contributed by atoms with van der Waals surface area (Å²) in [6.45, 7) is 1.84. The van der Waals surface area contributed by atoms with Crippen molar-refractivity contribution in [1.82, 2.24) is 4.98 Å². The molecule has 19 heavy (non-hydrogen) atoms. The predicted molar refractivity (Wildman–Crippen MR) is 77.2 cm³/mol. The summed E-state index contributed by atoms with van der Waals surface area (Å²) in [6, 6.07) is 9.00. The third-order valence-corrected chi connectivity index (χ3v) is 3.04. The molecule has 0 bridgehead atoms. The number of hydrogen-bond donors (Lipinski definition) is 2. The minimum Gasteiger partial charge on any atom is -0.399 e. The zero-order valence-corrected chi connectivity index (χ0v) is 11.2. The largest absolute Gasteiger partial charge is 0.399 e. The van der Waals surface area contributed by atoms with Crippen LogP contribution in [0.25, 0.3) is 0 Å². The van der Waals surface area contributed by atoms with E-state index in [0.29, 0.717) is 22.9 Å². The summed E-state index contributed by atoms with van der Waals surface area (Å²) in [5.74, 6) is -0.103. The highest BCUT2D eigenvalue weighted by atomic mass is 35.5. The maximum atomic E-state index is 11.9. The van der Waals surface area contributed by atoms with E-state index in [-0.39, 0.29) is 5.91 Å². The van der Waals surface area contributed by atoms with E-state index in [0.717, 1.165) is 11.1 Å². The molecule has 0 unspecified atom stereocenters. The smallest absolute Gasteiger partial charge is 0.228 e. The number of nitrogens with zero attached hydrogens (tertiary/aromatic N) is 1. The van der Waals surface area contributed by atoms with Crippen molar-refractivity contribution in [3.8, 4) is 0 Å². The van der Waals surface area contributed by atoms with Crippen LogP contribution in [0.4, 0.5) is 11.4 Å². The van der Waals surface area contributed by atoms with Crippen LogP contribution >= 0.6 is 11.6 Å². The summed E-state index contributed by atoms with van der Waals surface area (Å²) in [6.07, 6.45) is 1.83. The molecular weight excluding hydrogens is 262 g/mol. The Morgan fingerprint density at radius 1 is 1.37 bits per heavy atom. The van der Waals surface area contributed by atoms with Gasteiger partial charge < -0.3 is 11.1 Å². The molecule has 0 spiro atoms. The third-order valence-electron chi connectivity index (χ3n) is 2.64. The van der Waals surface area contributed by atoms with Crippen LogP contribution in [0.2, 0.25) is 5.15 Å². The van der Waals surface area contributed by atoms with Crippen LogP contribution in [0, 0.1) is 6.92 Å². The first kappa shape index (κ1) is 13.4. The monoisotopic (exact) mass is 275 g/mol. The average Bonchev–Trinajstić information content (AvgIpc) is 2.37. The van der Waals surface area contributed by atoms with E-state index in [1.54, 1.807) is 18.2 Å². The molecule has 1 amide bonds. The van der Waals surface area contributed by atoms with E-state index < -0.39 is 0 Å². The molecular formula is C14H14ClN3O. The van der Waals surface area contributed by atoms with Gasteiger partial charge in [0.25, 0.3) is 0 Å². The number of nitrogen functional groups attached to an aromatic ring is 1. The fourth-order valence-electron chi connectivity index (χ4n) is 1.65. The molecule has 3 N–H and O–H groups in total. The van der Waals surface area contributed by atoms with Crippen LogP contribution in [0.15, 0.2) is 36.5 Å². The van der Waals surface area contributed by atoms with Gasteiger partial charge in [-0.25, -0.2) is 4.98 Å². The molecule has 0 fully saturated rings. The molecule has 2 rings (SSSR count). The lowest BCUT2D eigenvalue weighted by atomic mass is 10.1. The Bertz CT molecular complexity index is 596. The number of hydrogen-bond acceptors (Lipinski definition) is 3. The lowest BCUT2D eigenvalue weighted by molar-refractivity contribution is -0.115. The summed E-state index contributed by atoms with van der Waals surface area (Å²) in [5, 5.41) is 3.22. The van der Waals surface area contributed by atoms with E-state index in [9.17, 15) is 4.79 Å². The van der Waals surface area contributed by atoms with Crippen molar-refractivity contribution in [2.24, 2.45) is 0 Å². The number of nitrogens with two attached hydrogens (primary N) is 1. The van der Waals surface area contributed by atoms with Gasteiger partial charge in [0.2, 0.25) is 5.91 Å². The van der Waals surface area contributed by atoms with Crippen LogP contribution in [0.3, 0.4) is 0 Å². The number of aryl methyl sites for hydroxylation is 1. The van der Waals surface area contributed by atoms with Gasteiger partial charge in [0.05, 0.1) is 18.3 Å². The fraction of sp³-hybridized carbons (Fsp3) is 0.143. The molecule has 5 heteroatoms. The minimum atomic E-state index is -0.103. The van der Waals surface area contributed by atoms with Gasteiger partial charge in [-0.2, -0.15) is 0 Å². The predicted octanol–water partition coefficient (Wildman–Crippen LogP) is 2.81. The number of anilines is 2. The SMILES string of the molecule is Cc1cc(NC(=O)Cc2ccc(N)cc2)cnc1Cl. The van der Waals surface area contributed by atoms with Crippen molar-refractivity contribution in [2.45, 2.75) is 13.3 Å². The molecule has 2 aromatic rings. The Kier molecular flexibility index (Phi) is 4.02. The molecule has 4 nitrogen and oxygen atoms in total. The maximum Gasteiger partial charge on any atom is 0.228 e. The van der Waals surface area contributed by atoms with Crippen molar-refractivity contribution in [2.75, 3.05) is 11.1 Å². The van der Waals surface area contributed by atoms with Gasteiger partial charge in [-0.1, -0.05) is 23.7 Å². The van der Waals surface area contributed by atoms with Crippen LogP contribution < -0.4 is 11.1 Å². The molecule has 0 aliphatic heterocycles. The molecule has 0 radical (unpaired) electrons. The first-order chi connectivity index (χ1) is 9.04. The molecule has 1 aromatic heterocycles. The third kappa shape index (κ3) is 3.69. The summed E-state index contributed by atoms with van der Waals surface area (Å²) in [7, 11) is 0. The normalized spacial score (nSPS) is 10.2. The topological polar surface area (TPSA) is 68.0 Å². The van der Waals surface area contributed by atoms with Crippen molar-refractivity contribution in [3.63, 3.8) is 0 Å². The molecule has 1 heterocycles. The Labute approximate surface area is 116 Å². The number of rotatable bonds is 3. The van der Waals surface area contributed by atoms with Gasteiger partial charge in [-0.3, -0.25) is 4.79 Å². The van der Waals surface area contributed by atoms with E-state index in [2.05, 4.69) is 10.3 Å². The number of halogens is 1. The second kappa shape index (κ2) is 5.71. The van der Waals surface area contributed by atoms with Crippen molar-refractivity contribution in [3.05, 3.63) is 52.8 Å². The zero-order chi connectivity index (χ0) is 13.8. The summed E-state index contributed by atoms with van der Waals surface area (Å²) in [4.78, 5) is 15.8. The zero-order valence-electron chi connectivity index (χ0n) is 10.5. The van der Waals surface area contributed by atoms with Crippen LogP contribution in [0.1, 0.15) is 11.1 Å². The standard InChI is InChI=1S/C14H14ClN3O/c1-9-6-12(8-17-14(9)15)18-13(19)7-10-2-4-11(16)5-3-10/h2-6,8H,7,16H2,1H3,(H,18,19). The molecule has 0 aliphatic rings. The summed E-state index contributed by atoms with van der Waals surface area (Å²) < 4.78 is 0. The van der Waals surface area contributed by atoms with Crippen LogP contribution in [-0.4, -0.2) is 10.9 Å². The number of aromatic nitrogens is 1. The second-order valence-electron chi connectivity index (χ2n) is 4.30. The molecule has 1 aromatic carbocycles. The number of benzene rings is 1. The average molecular weight is 276 g/mol. The molecule has 98 valence electrons. The Morgan fingerprint density at radius 3 is 2.68 bits per heavy atom. The summed E-state index contributed by atoms with van der Waals surface area (Å²) in [5.41, 5.74) is 8.65. The van der Waals surface area contributed by atoms with Crippen molar-refractivity contribution >= 4 is 28.9 Å². The first-order valence-electron chi connectivity index (χ1n) is 5.81. The number of carbonyl (C=O) groups is 1. The van der Waals surface area contributed by atoms with Gasteiger partial charge >= 0.3 is 0 Å². The number of nitrogens with one attached hydrogen (secondary N) is 1. The molecule has 0 atom stereocenters. The number of carbonyl (C=O) groups excluding carboxylic acids is 1. The van der Waals surface area contributed by atoms with E-state index in [4.69, 9.17) is 17.3 Å².